The number of carbonyl (C=O) groups excluding carboxylic acids is 1. The molecule has 2 aromatic carbocycles. The summed E-state index contributed by atoms with van der Waals surface area (Å²) >= 11 is 0. The highest BCUT2D eigenvalue weighted by molar-refractivity contribution is 5.98. The summed E-state index contributed by atoms with van der Waals surface area (Å²) in [4.78, 5) is 36.5. The van der Waals surface area contributed by atoms with E-state index in [4.69, 9.17) is 0 Å². The summed E-state index contributed by atoms with van der Waals surface area (Å²) in [6, 6.07) is 11.7. The van der Waals surface area contributed by atoms with Gasteiger partial charge < -0.3 is 20.1 Å². The van der Waals surface area contributed by atoms with Crippen LogP contribution in [0.15, 0.2) is 47.3 Å². The number of hydrogen-bond donors (Lipinski definition) is 3. The minimum absolute atomic E-state index is 0.0183. The van der Waals surface area contributed by atoms with E-state index in [2.05, 4.69) is 5.32 Å². The van der Waals surface area contributed by atoms with Crippen molar-refractivity contribution in [3.63, 3.8) is 0 Å². The number of aromatic hydroxyl groups is 1. The van der Waals surface area contributed by atoms with Crippen molar-refractivity contribution in [1.82, 2.24) is 4.57 Å². The van der Waals surface area contributed by atoms with Crippen LogP contribution in [0, 0.1) is 0 Å². The Morgan fingerprint density at radius 1 is 1.15 bits per heavy atom. The Morgan fingerprint density at radius 2 is 1.89 bits per heavy atom. The molecule has 7 heteroatoms. The lowest BCUT2D eigenvalue weighted by Gasteiger charge is -2.26. The van der Waals surface area contributed by atoms with Gasteiger partial charge in [-0.25, -0.2) is 4.79 Å². The summed E-state index contributed by atoms with van der Waals surface area (Å²) in [5.74, 6) is -2.62. The van der Waals surface area contributed by atoms with E-state index < -0.39 is 17.6 Å². The van der Waals surface area contributed by atoms with Crippen molar-refractivity contribution < 1.29 is 19.8 Å². The van der Waals surface area contributed by atoms with Gasteiger partial charge in [-0.3, -0.25) is 9.59 Å². The molecule has 3 N–H and O–H groups in total. The molecule has 27 heavy (non-hydrogen) atoms. The Morgan fingerprint density at radius 3 is 2.63 bits per heavy atom. The number of carboxylic acids is 1. The highest BCUT2D eigenvalue weighted by Crippen LogP contribution is 2.39. The number of anilines is 1. The van der Waals surface area contributed by atoms with E-state index in [-0.39, 0.29) is 23.5 Å². The predicted octanol–water partition coefficient (Wildman–Crippen LogP) is 2.42. The molecule has 1 aliphatic rings. The summed E-state index contributed by atoms with van der Waals surface area (Å²) in [5.41, 5.74) is 1.47. The van der Waals surface area contributed by atoms with Gasteiger partial charge in [0.15, 0.2) is 0 Å². The maximum absolute atomic E-state index is 12.9. The molecule has 0 unspecified atom stereocenters. The lowest BCUT2D eigenvalue weighted by atomic mass is 9.84. The van der Waals surface area contributed by atoms with Crippen LogP contribution in [0.2, 0.25) is 0 Å². The average molecular weight is 364 g/mol. The molecule has 1 atom stereocenters. The largest absolute Gasteiger partial charge is 0.507 e. The number of benzene rings is 2. The molecule has 3 aromatic rings. The first kappa shape index (κ1) is 16.8. The Bertz CT molecular complexity index is 1180. The second-order valence-corrected chi connectivity index (χ2v) is 6.59. The minimum atomic E-state index is -1.28. The molecule has 0 aliphatic carbocycles. The lowest BCUT2D eigenvalue weighted by molar-refractivity contribution is -0.116. The predicted molar refractivity (Wildman–Crippen MR) is 99.3 cm³/mol. The van der Waals surface area contributed by atoms with Gasteiger partial charge in [-0.05, 0) is 29.1 Å². The summed E-state index contributed by atoms with van der Waals surface area (Å²) in [5, 5.41) is 22.7. The third kappa shape index (κ3) is 2.64. The Labute approximate surface area is 153 Å². The molecule has 4 rings (SSSR count). The summed E-state index contributed by atoms with van der Waals surface area (Å²) in [6.07, 6.45) is 0.0183. The zero-order chi connectivity index (χ0) is 19.3. The van der Waals surface area contributed by atoms with Crippen LogP contribution in [-0.4, -0.2) is 26.7 Å². The van der Waals surface area contributed by atoms with E-state index in [1.165, 1.54) is 16.7 Å². The second kappa shape index (κ2) is 5.98. The maximum Gasteiger partial charge on any atom is 0.339 e. The highest BCUT2D eigenvalue weighted by Gasteiger charge is 2.31. The smallest absolute Gasteiger partial charge is 0.339 e. The first-order valence-corrected chi connectivity index (χ1v) is 8.35. The molecule has 136 valence electrons. The topological polar surface area (TPSA) is 109 Å². The molecule has 7 nitrogen and oxygen atoms in total. The first-order chi connectivity index (χ1) is 12.9. The fraction of sp³-hybridized carbons (Fsp3) is 0.150. The van der Waals surface area contributed by atoms with Gasteiger partial charge in [0.05, 0.1) is 5.52 Å². The molecule has 0 saturated carbocycles. The highest BCUT2D eigenvalue weighted by atomic mass is 16.4. The van der Waals surface area contributed by atoms with Crippen molar-refractivity contribution in [2.45, 2.75) is 12.3 Å². The number of aromatic carboxylic acids is 1. The van der Waals surface area contributed by atoms with Gasteiger partial charge in [0.1, 0.15) is 11.3 Å². The molecule has 1 aromatic heterocycles. The van der Waals surface area contributed by atoms with Crippen molar-refractivity contribution in [3.05, 3.63) is 69.5 Å². The number of carbonyl (C=O) groups is 2. The van der Waals surface area contributed by atoms with E-state index in [9.17, 15) is 24.6 Å². The molecule has 0 saturated heterocycles. The molecular formula is C20H16N2O5. The van der Waals surface area contributed by atoms with Gasteiger partial charge in [0.2, 0.25) is 5.91 Å². The van der Waals surface area contributed by atoms with Crippen LogP contribution < -0.4 is 10.9 Å². The quantitative estimate of drug-likeness (QED) is 0.647. The number of pyridine rings is 1. The fourth-order valence-corrected chi connectivity index (χ4v) is 3.64. The van der Waals surface area contributed by atoms with Crippen LogP contribution in [-0.2, 0) is 11.8 Å². The van der Waals surface area contributed by atoms with Crippen LogP contribution in [0.25, 0.3) is 10.9 Å². The number of fused-ring (bicyclic) bond motifs is 2. The SMILES string of the molecule is Cn1c(=O)c([C@@H]2CC(=O)Nc3cc(O)c(C(=O)O)cc32)cc2ccccc21. The van der Waals surface area contributed by atoms with E-state index >= 15 is 0 Å². The monoisotopic (exact) mass is 364 g/mol. The third-order valence-corrected chi connectivity index (χ3v) is 4.97. The van der Waals surface area contributed by atoms with E-state index in [1.807, 2.05) is 24.3 Å². The molecule has 2 heterocycles. The Hall–Kier alpha value is -3.61. The number of aromatic nitrogens is 1. The van der Waals surface area contributed by atoms with Crippen molar-refractivity contribution >= 4 is 28.5 Å². The number of para-hydroxylation sites is 1. The molecule has 0 bridgehead atoms. The second-order valence-electron chi connectivity index (χ2n) is 6.59. The van der Waals surface area contributed by atoms with Crippen LogP contribution >= 0.6 is 0 Å². The maximum atomic E-state index is 12.9. The Balaban J connectivity index is 1.99. The van der Waals surface area contributed by atoms with Gasteiger partial charge in [0, 0.05) is 36.7 Å². The molecular weight excluding hydrogens is 348 g/mol. The van der Waals surface area contributed by atoms with Gasteiger partial charge >= 0.3 is 5.97 Å². The molecule has 0 spiro atoms. The lowest BCUT2D eigenvalue weighted by Crippen LogP contribution is -2.30. The van der Waals surface area contributed by atoms with Crippen LogP contribution in [0.3, 0.4) is 0 Å². The number of rotatable bonds is 2. The van der Waals surface area contributed by atoms with Gasteiger partial charge in [-0.15, -0.1) is 0 Å². The van der Waals surface area contributed by atoms with E-state index in [1.54, 1.807) is 13.1 Å². The standard InChI is InChI=1S/C20H16N2O5/c1-22-16-5-3-2-4-10(16)6-13(19(22)25)11-8-18(24)21-15-9-17(23)14(20(26)27)7-12(11)15/h2-7,9,11,23H,8H2,1H3,(H,21,24)(H,26,27)/t11-/m1/s1. The van der Waals surface area contributed by atoms with Crippen LogP contribution in [0.4, 0.5) is 5.69 Å². The number of nitrogens with zero attached hydrogens (tertiary/aromatic N) is 1. The van der Waals surface area contributed by atoms with Gasteiger partial charge in [-0.1, -0.05) is 18.2 Å². The molecule has 1 aliphatic heterocycles. The number of aryl methyl sites for hydroxylation is 1. The zero-order valence-electron chi connectivity index (χ0n) is 14.4. The minimum Gasteiger partial charge on any atom is -0.507 e. The van der Waals surface area contributed by atoms with Crippen molar-refractivity contribution in [2.24, 2.45) is 7.05 Å². The van der Waals surface area contributed by atoms with E-state index in [0.717, 1.165) is 10.9 Å². The third-order valence-electron chi connectivity index (χ3n) is 4.97. The molecule has 0 radical (unpaired) electrons. The summed E-state index contributed by atoms with van der Waals surface area (Å²) in [7, 11) is 1.66. The van der Waals surface area contributed by atoms with Crippen LogP contribution in [0.1, 0.15) is 33.8 Å². The molecule has 0 fully saturated rings. The van der Waals surface area contributed by atoms with Crippen molar-refractivity contribution in [1.29, 1.82) is 0 Å². The fourth-order valence-electron chi connectivity index (χ4n) is 3.64. The number of amides is 1. The summed E-state index contributed by atoms with van der Waals surface area (Å²) in [6.45, 7) is 0. The average Bonchev–Trinajstić information content (AvgIpc) is 2.63. The number of nitrogens with one attached hydrogen (secondary N) is 1. The van der Waals surface area contributed by atoms with Crippen molar-refractivity contribution in [3.8, 4) is 5.75 Å². The summed E-state index contributed by atoms with van der Waals surface area (Å²) < 4.78 is 1.52. The number of phenols is 1. The van der Waals surface area contributed by atoms with Crippen LogP contribution in [0.5, 0.6) is 5.75 Å². The Kier molecular flexibility index (Phi) is 3.73. The molecule has 1 amide bonds. The van der Waals surface area contributed by atoms with E-state index in [0.29, 0.717) is 16.8 Å². The normalized spacial score (nSPS) is 16.0. The van der Waals surface area contributed by atoms with Crippen molar-refractivity contribution in [2.75, 3.05) is 5.32 Å². The zero-order valence-corrected chi connectivity index (χ0v) is 14.4. The first-order valence-electron chi connectivity index (χ1n) is 8.35. The van der Waals surface area contributed by atoms with Gasteiger partial charge in [-0.2, -0.15) is 0 Å². The van der Waals surface area contributed by atoms with Gasteiger partial charge in [0.25, 0.3) is 5.56 Å². The number of carboxylic acid groups (broad SMARTS) is 1. The number of hydrogen-bond acceptors (Lipinski definition) is 4.